The van der Waals surface area contributed by atoms with Crippen molar-refractivity contribution < 1.29 is 9.13 Å². The van der Waals surface area contributed by atoms with Crippen molar-refractivity contribution in [2.45, 2.75) is 38.2 Å². The van der Waals surface area contributed by atoms with Crippen molar-refractivity contribution in [3.63, 3.8) is 0 Å². The molecule has 0 atom stereocenters. The van der Waals surface area contributed by atoms with Crippen molar-refractivity contribution in [1.29, 1.82) is 0 Å². The summed E-state index contributed by atoms with van der Waals surface area (Å²) in [6, 6.07) is 14.1. The molecule has 38 heavy (non-hydrogen) atoms. The molecule has 0 aliphatic heterocycles. The molecule has 9 heteroatoms. The predicted octanol–water partition coefficient (Wildman–Crippen LogP) is 6.48. The van der Waals surface area contributed by atoms with Gasteiger partial charge in [0.15, 0.2) is 11.5 Å². The number of halogens is 1. The third-order valence-corrected chi connectivity index (χ3v) is 6.99. The number of pyridine rings is 3. The van der Waals surface area contributed by atoms with Gasteiger partial charge in [-0.05, 0) is 62.1 Å². The maximum atomic E-state index is 13.9. The fourth-order valence-corrected chi connectivity index (χ4v) is 5.12. The molecular weight excluding hydrogens is 481 g/mol. The Morgan fingerprint density at radius 3 is 2.63 bits per heavy atom. The van der Waals surface area contributed by atoms with Gasteiger partial charge in [0.2, 0.25) is 0 Å². The van der Waals surface area contributed by atoms with Gasteiger partial charge in [0.05, 0.1) is 34.7 Å². The molecule has 188 valence electrons. The number of hydrogen-bond donors (Lipinski definition) is 2. The highest BCUT2D eigenvalue weighted by molar-refractivity contribution is 5.95. The number of imidazole rings is 1. The van der Waals surface area contributed by atoms with E-state index < -0.39 is 0 Å². The van der Waals surface area contributed by atoms with Crippen LogP contribution in [0.4, 0.5) is 4.39 Å². The number of ether oxygens (including phenoxy) is 1. The number of aromatic amines is 2. The number of nitrogens with one attached hydrogen (secondary N) is 2. The van der Waals surface area contributed by atoms with Gasteiger partial charge >= 0.3 is 0 Å². The molecule has 7 rings (SSSR count). The highest BCUT2D eigenvalue weighted by Crippen LogP contribution is 2.32. The summed E-state index contributed by atoms with van der Waals surface area (Å²) in [7, 11) is 0. The second-order valence-electron chi connectivity index (χ2n) is 9.60. The van der Waals surface area contributed by atoms with E-state index >= 15 is 0 Å². The number of rotatable bonds is 5. The summed E-state index contributed by atoms with van der Waals surface area (Å²) in [4.78, 5) is 21.9. The van der Waals surface area contributed by atoms with Gasteiger partial charge in [-0.2, -0.15) is 5.10 Å². The Labute approximate surface area is 217 Å². The summed E-state index contributed by atoms with van der Waals surface area (Å²) in [5.74, 6) is 0.988. The van der Waals surface area contributed by atoms with E-state index in [9.17, 15) is 4.39 Å². The zero-order valence-corrected chi connectivity index (χ0v) is 20.5. The van der Waals surface area contributed by atoms with Crippen LogP contribution in [0.3, 0.4) is 0 Å². The molecule has 0 bridgehead atoms. The van der Waals surface area contributed by atoms with Gasteiger partial charge in [-0.1, -0.05) is 18.6 Å². The van der Waals surface area contributed by atoms with Crippen LogP contribution >= 0.6 is 0 Å². The van der Waals surface area contributed by atoms with Crippen LogP contribution < -0.4 is 4.74 Å². The predicted molar refractivity (Wildman–Crippen MR) is 143 cm³/mol. The zero-order valence-electron chi connectivity index (χ0n) is 20.5. The molecule has 1 aromatic carbocycles. The van der Waals surface area contributed by atoms with Crippen LogP contribution in [0.1, 0.15) is 32.1 Å². The van der Waals surface area contributed by atoms with Gasteiger partial charge < -0.3 is 9.72 Å². The van der Waals surface area contributed by atoms with Crippen LogP contribution in [0.15, 0.2) is 67.1 Å². The number of benzene rings is 1. The molecule has 5 aromatic heterocycles. The van der Waals surface area contributed by atoms with Crippen molar-refractivity contribution in [3.8, 4) is 39.8 Å². The minimum atomic E-state index is -0.324. The lowest BCUT2D eigenvalue weighted by molar-refractivity contribution is 0.154. The lowest BCUT2D eigenvalue weighted by Gasteiger charge is -2.22. The number of nitrogens with zero attached hydrogens (tertiary/aromatic N) is 5. The van der Waals surface area contributed by atoms with Crippen LogP contribution in [0.25, 0.3) is 56.1 Å². The Balaban J connectivity index is 1.26. The van der Waals surface area contributed by atoms with Gasteiger partial charge in [-0.15, -0.1) is 0 Å². The Morgan fingerprint density at radius 1 is 0.842 bits per heavy atom. The molecule has 1 saturated carbocycles. The van der Waals surface area contributed by atoms with Gasteiger partial charge in [0.25, 0.3) is 0 Å². The topological polar surface area (TPSA) is 105 Å². The molecule has 5 heterocycles. The molecule has 1 aliphatic carbocycles. The molecule has 0 amide bonds. The molecule has 1 aliphatic rings. The molecule has 6 aromatic rings. The van der Waals surface area contributed by atoms with E-state index in [1.54, 1.807) is 24.7 Å². The second kappa shape index (κ2) is 9.33. The average Bonchev–Trinajstić information content (AvgIpc) is 3.57. The quantitative estimate of drug-likeness (QED) is 0.278. The maximum Gasteiger partial charge on any atom is 0.161 e. The number of fused-ring (bicyclic) bond motifs is 2. The van der Waals surface area contributed by atoms with Crippen molar-refractivity contribution >= 4 is 22.1 Å². The van der Waals surface area contributed by atoms with Gasteiger partial charge in [-0.3, -0.25) is 15.1 Å². The Kier molecular flexibility index (Phi) is 5.53. The Morgan fingerprint density at radius 2 is 1.74 bits per heavy atom. The first kappa shape index (κ1) is 22.5. The largest absolute Gasteiger partial charge is 0.489 e. The number of hydrogen-bond acceptors (Lipinski definition) is 6. The normalized spacial score (nSPS) is 14.3. The summed E-state index contributed by atoms with van der Waals surface area (Å²) in [5.41, 5.74) is 6.36. The van der Waals surface area contributed by atoms with E-state index in [4.69, 9.17) is 14.7 Å². The summed E-state index contributed by atoms with van der Waals surface area (Å²) >= 11 is 0. The highest BCUT2D eigenvalue weighted by atomic mass is 19.1. The highest BCUT2D eigenvalue weighted by Gasteiger charge is 2.19. The first-order valence-electron chi connectivity index (χ1n) is 12.8. The van der Waals surface area contributed by atoms with E-state index in [0.29, 0.717) is 33.8 Å². The van der Waals surface area contributed by atoms with Crippen LogP contribution in [0.2, 0.25) is 0 Å². The van der Waals surface area contributed by atoms with E-state index in [1.165, 1.54) is 31.4 Å². The number of H-pyrrole nitrogens is 2. The van der Waals surface area contributed by atoms with Crippen molar-refractivity contribution in [2.75, 3.05) is 0 Å². The third kappa shape index (κ3) is 4.15. The lowest BCUT2D eigenvalue weighted by atomic mass is 9.98. The Hall–Kier alpha value is -4.66. The Bertz CT molecular complexity index is 1770. The minimum absolute atomic E-state index is 0.247. The van der Waals surface area contributed by atoms with Crippen LogP contribution in [0.5, 0.6) is 5.75 Å². The van der Waals surface area contributed by atoms with Crippen LogP contribution in [-0.4, -0.2) is 41.2 Å². The molecule has 0 saturated heterocycles. The smallest absolute Gasteiger partial charge is 0.161 e. The maximum absolute atomic E-state index is 13.9. The van der Waals surface area contributed by atoms with Crippen molar-refractivity contribution in [2.24, 2.45) is 0 Å². The average molecular weight is 506 g/mol. The van der Waals surface area contributed by atoms with Crippen LogP contribution in [0, 0.1) is 5.82 Å². The molecule has 0 spiro atoms. The molecule has 0 radical (unpaired) electrons. The molecule has 0 unspecified atom stereocenters. The van der Waals surface area contributed by atoms with E-state index in [2.05, 4.69) is 25.1 Å². The summed E-state index contributed by atoms with van der Waals surface area (Å²) in [6.07, 6.45) is 11.3. The van der Waals surface area contributed by atoms with E-state index in [-0.39, 0.29) is 11.9 Å². The zero-order chi connectivity index (χ0) is 25.5. The van der Waals surface area contributed by atoms with Crippen molar-refractivity contribution in [3.05, 3.63) is 72.9 Å². The first-order chi connectivity index (χ1) is 18.7. The monoisotopic (exact) mass is 505 g/mol. The standard InChI is InChI=1S/C29H24FN7O/c30-19-6-4-5-17(13-19)25-26-23(11-12-32-25)34-29(35-26)28-27-24(36-37-28)10-9-22(33-27)18-14-21(16-31-15-18)38-20-7-2-1-3-8-20/h4-6,9-16,20H,1-3,7-8H2,(H,34,35)(H,36,37). The molecule has 8 nitrogen and oxygen atoms in total. The summed E-state index contributed by atoms with van der Waals surface area (Å²) in [6.45, 7) is 0. The van der Waals surface area contributed by atoms with Gasteiger partial charge in [0, 0.05) is 23.5 Å². The SMILES string of the molecule is Fc1cccc(-c2nccc3[nH]c(-c4n[nH]c5ccc(-c6cncc(OC7CCCCC7)c6)nc45)nc23)c1. The second-order valence-corrected chi connectivity index (χ2v) is 9.60. The molecule has 1 fully saturated rings. The number of aromatic nitrogens is 7. The minimum Gasteiger partial charge on any atom is -0.489 e. The first-order valence-corrected chi connectivity index (χ1v) is 12.8. The molecular formula is C29H24FN7O. The van der Waals surface area contributed by atoms with Gasteiger partial charge in [0.1, 0.15) is 22.6 Å². The van der Waals surface area contributed by atoms with Crippen molar-refractivity contribution in [1.82, 2.24) is 35.1 Å². The van der Waals surface area contributed by atoms with Crippen LogP contribution in [-0.2, 0) is 0 Å². The summed E-state index contributed by atoms with van der Waals surface area (Å²) in [5, 5.41) is 7.56. The van der Waals surface area contributed by atoms with Gasteiger partial charge in [-0.25, -0.2) is 14.4 Å². The lowest BCUT2D eigenvalue weighted by Crippen LogP contribution is -2.19. The van der Waals surface area contributed by atoms with E-state index in [1.807, 2.05) is 30.3 Å². The fraction of sp³-hybridized carbons (Fsp3) is 0.207. The van der Waals surface area contributed by atoms with E-state index in [0.717, 1.165) is 40.9 Å². The summed E-state index contributed by atoms with van der Waals surface area (Å²) < 4.78 is 20.1. The molecule has 2 N–H and O–H groups in total. The third-order valence-electron chi connectivity index (χ3n) is 6.99. The fourth-order valence-electron chi connectivity index (χ4n) is 5.12.